The van der Waals surface area contributed by atoms with Crippen LogP contribution in [0, 0.1) is 5.82 Å². The molecule has 0 unspecified atom stereocenters. The number of hydrogen-bond donors (Lipinski definition) is 1. The molecule has 2 aromatic carbocycles. The number of aliphatic carboxylic acids is 1. The Bertz CT molecular complexity index is 716. The molecule has 0 aromatic heterocycles. The van der Waals surface area contributed by atoms with Crippen LogP contribution in [0.15, 0.2) is 48.5 Å². The van der Waals surface area contributed by atoms with Crippen LogP contribution in [0.25, 0.3) is 17.2 Å². The molecule has 0 amide bonds. The normalized spacial score (nSPS) is 11.8. The highest BCUT2D eigenvalue weighted by atomic mass is 19.4. The van der Waals surface area contributed by atoms with E-state index in [1.54, 1.807) is 0 Å². The predicted octanol–water partition coefficient (Wildman–Crippen LogP) is 4.61. The Morgan fingerprint density at radius 3 is 2.09 bits per heavy atom. The lowest BCUT2D eigenvalue weighted by atomic mass is 10.0. The molecular formula is C16H10F4O2. The number of benzene rings is 2. The molecule has 0 saturated carbocycles. The Kier molecular flexibility index (Phi) is 4.30. The van der Waals surface area contributed by atoms with E-state index in [4.69, 9.17) is 5.11 Å². The van der Waals surface area contributed by atoms with Crippen LogP contribution in [0.5, 0.6) is 0 Å². The van der Waals surface area contributed by atoms with Crippen molar-refractivity contribution < 1.29 is 27.5 Å². The molecule has 114 valence electrons. The summed E-state index contributed by atoms with van der Waals surface area (Å²) in [5.74, 6) is -1.86. The fourth-order valence-corrected chi connectivity index (χ4v) is 1.85. The van der Waals surface area contributed by atoms with Crippen LogP contribution < -0.4 is 0 Å². The fourth-order valence-electron chi connectivity index (χ4n) is 1.85. The van der Waals surface area contributed by atoms with Crippen LogP contribution in [-0.4, -0.2) is 11.1 Å². The molecule has 0 saturated heterocycles. The van der Waals surface area contributed by atoms with Gasteiger partial charge in [0.2, 0.25) is 0 Å². The van der Waals surface area contributed by atoms with Gasteiger partial charge in [0.05, 0.1) is 5.56 Å². The molecule has 0 radical (unpaired) electrons. The van der Waals surface area contributed by atoms with E-state index < -0.39 is 23.5 Å². The number of carbonyl (C=O) groups is 1. The quantitative estimate of drug-likeness (QED) is 0.664. The number of carboxylic acid groups (broad SMARTS) is 1. The summed E-state index contributed by atoms with van der Waals surface area (Å²) in [7, 11) is 0. The lowest BCUT2D eigenvalue weighted by Crippen LogP contribution is -2.04. The fraction of sp³-hybridized carbons (Fsp3) is 0.0625. The zero-order valence-corrected chi connectivity index (χ0v) is 11.1. The number of hydrogen-bond acceptors (Lipinski definition) is 1. The summed E-state index contributed by atoms with van der Waals surface area (Å²) in [4.78, 5) is 10.4. The van der Waals surface area contributed by atoms with Crippen molar-refractivity contribution in [3.63, 3.8) is 0 Å². The number of halogens is 4. The summed E-state index contributed by atoms with van der Waals surface area (Å²) in [6, 6.07) is 8.37. The average molecular weight is 310 g/mol. The topological polar surface area (TPSA) is 37.3 Å². The second kappa shape index (κ2) is 6.01. The molecule has 6 heteroatoms. The molecule has 0 aliphatic carbocycles. The Morgan fingerprint density at radius 1 is 1.00 bits per heavy atom. The predicted molar refractivity (Wildman–Crippen MR) is 73.5 cm³/mol. The maximum absolute atomic E-state index is 13.8. The molecule has 22 heavy (non-hydrogen) atoms. The maximum Gasteiger partial charge on any atom is 0.416 e. The first-order chi connectivity index (χ1) is 10.3. The summed E-state index contributed by atoms with van der Waals surface area (Å²) in [6.07, 6.45) is -2.51. The zero-order chi connectivity index (χ0) is 16.3. The van der Waals surface area contributed by atoms with Crippen LogP contribution >= 0.6 is 0 Å². The van der Waals surface area contributed by atoms with E-state index in [1.807, 2.05) is 0 Å². The van der Waals surface area contributed by atoms with Gasteiger partial charge in [0, 0.05) is 11.6 Å². The molecule has 0 bridgehead atoms. The third-order valence-corrected chi connectivity index (χ3v) is 2.95. The van der Waals surface area contributed by atoms with Gasteiger partial charge in [0.25, 0.3) is 0 Å². The molecular weight excluding hydrogens is 300 g/mol. The van der Waals surface area contributed by atoms with Crippen molar-refractivity contribution in [2.75, 3.05) is 0 Å². The number of carboxylic acids is 1. The van der Waals surface area contributed by atoms with Crippen molar-refractivity contribution in [3.8, 4) is 11.1 Å². The van der Waals surface area contributed by atoms with Gasteiger partial charge < -0.3 is 5.11 Å². The number of rotatable bonds is 3. The molecule has 0 spiro atoms. The van der Waals surface area contributed by atoms with Gasteiger partial charge in [-0.1, -0.05) is 24.3 Å². The smallest absolute Gasteiger partial charge is 0.416 e. The Hall–Kier alpha value is -2.63. The van der Waals surface area contributed by atoms with Crippen molar-refractivity contribution in [1.29, 1.82) is 0 Å². The average Bonchev–Trinajstić information content (AvgIpc) is 2.45. The molecule has 0 atom stereocenters. The largest absolute Gasteiger partial charge is 0.478 e. The van der Waals surface area contributed by atoms with Crippen LogP contribution in [0.1, 0.15) is 11.1 Å². The zero-order valence-electron chi connectivity index (χ0n) is 11.1. The van der Waals surface area contributed by atoms with Crippen LogP contribution in [0.4, 0.5) is 17.6 Å². The minimum Gasteiger partial charge on any atom is -0.478 e. The first-order valence-corrected chi connectivity index (χ1v) is 6.15. The minimum atomic E-state index is -4.42. The summed E-state index contributed by atoms with van der Waals surface area (Å²) in [6.45, 7) is 0. The molecule has 2 rings (SSSR count). The highest BCUT2D eigenvalue weighted by Gasteiger charge is 2.29. The van der Waals surface area contributed by atoms with E-state index in [9.17, 15) is 22.4 Å². The minimum absolute atomic E-state index is 0.0815. The van der Waals surface area contributed by atoms with Crippen LogP contribution in [0.2, 0.25) is 0 Å². The monoisotopic (exact) mass is 310 g/mol. The van der Waals surface area contributed by atoms with Gasteiger partial charge in [-0.15, -0.1) is 0 Å². The first-order valence-electron chi connectivity index (χ1n) is 6.15. The lowest BCUT2D eigenvalue weighted by molar-refractivity contribution is -0.137. The summed E-state index contributed by atoms with van der Waals surface area (Å²) in [5.41, 5.74) is 0.134. The van der Waals surface area contributed by atoms with Crippen molar-refractivity contribution >= 4 is 12.0 Å². The Labute approximate surface area is 123 Å². The van der Waals surface area contributed by atoms with Gasteiger partial charge >= 0.3 is 12.1 Å². The molecule has 2 aromatic rings. The second-order valence-electron chi connectivity index (χ2n) is 4.48. The molecule has 2 nitrogen and oxygen atoms in total. The second-order valence-corrected chi connectivity index (χ2v) is 4.48. The maximum atomic E-state index is 13.8. The van der Waals surface area contributed by atoms with Crippen molar-refractivity contribution in [2.24, 2.45) is 0 Å². The van der Waals surface area contributed by atoms with E-state index in [-0.39, 0.29) is 5.56 Å². The summed E-state index contributed by atoms with van der Waals surface area (Å²) >= 11 is 0. The van der Waals surface area contributed by atoms with Gasteiger partial charge in [-0.3, -0.25) is 0 Å². The molecule has 0 aliphatic rings. The lowest BCUT2D eigenvalue weighted by Gasteiger charge is -2.08. The van der Waals surface area contributed by atoms with E-state index in [1.165, 1.54) is 24.3 Å². The van der Waals surface area contributed by atoms with Gasteiger partial charge in [0.1, 0.15) is 5.82 Å². The van der Waals surface area contributed by atoms with Crippen molar-refractivity contribution in [2.45, 2.75) is 6.18 Å². The highest BCUT2D eigenvalue weighted by Crippen LogP contribution is 2.31. The van der Waals surface area contributed by atoms with Crippen molar-refractivity contribution in [1.82, 2.24) is 0 Å². The SMILES string of the molecule is O=C(O)/C=C/c1ccc(-c2ccc(C(F)(F)F)cc2)cc1F. The standard InChI is InChI=1S/C16H10F4O2/c17-14-9-12(2-1-11(14)5-8-15(21)22)10-3-6-13(7-4-10)16(18,19)20/h1-9H,(H,21,22)/b8-5+. The van der Waals surface area contributed by atoms with Gasteiger partial charge in [-0.25, -0.2) is 9.18 Å². The molecule has 0 fully saturated rings. The van der Waals surface area contributed by atoms with Gasteiger partial charge in [-0.2, -0.15) is 13.2 Å². The molecule has 0 heterocycles. The van der Waals surface area contributed by atoms with Crippen molar-refractivity contribution in [3.05, 3.63) is 65.5 Å². The van der Waals surface area contributed by atoms with E-state index in [0.717, 1.165) is 30.4 Å². The highest BCUT2D eigenvalue weighted by molar-refractivity contribution is 5.85. The third-order valence-electron chi connectivity index (χ3n) is 2.95. The first kappa shape index (κ1) is 15.8. The van der Waals surface area contributed by atoms with E-state index in [2.05, 4.69) is 0 Å². The molecule has 1 N–H and O–H groups in total. The van der Waals surface area contributed by atoms with Crippen LogP contribution in [0.3, 0.4) is 0 Å². The van der Waals surface area contributed by atoms with Gasteiger partial charge in [0.15, 0.2) is 0 Å². The Balaban J connectivity index is 2.30. The Morgan fingerprint density at radius 2 is 1.59 bits per heavy atom. The summed E-state index contributed by atoms with van der Waals surface area (Å²) < 4.78 is 51.3. The van der Waals surface area contributed by atoms with E-state index >= 15 is 0 Å². The van der Waals surface area contributed by atoms with E-state index in [0.29, 0.717) is 11.1 Å². The number of alkyl halides is 3. The van der Waals surface area contributed by atoms with Crippen LogP contribution in [-0.2, 0) is 11.0 Å². The molecule has 0 aliphatic heterocycles. The van der Waals surface area contributed by atoms with Gasteiger partial charge in [-0.05, 0) is 35.4 Å². The third kappa shape index (κ3) is 3.72. The summed E-state index contributed by atoms with van der Waals surface area (Å²) in [5, 5.41) is 8.49.